The van der Waals surface area contributed by atoms with Gasteiger partial charge in [0.2, 0.25) is 0 Å². The molecule has 9 heteroatoms. The van der Waals surface area contributed by atoms with E-state index in [1.807, 2.05) is 0 Å². The predicted molar refractivity (Wildman–Crippen MR) is 81.9 cm³/mol. The van der Waals surface area contributed by atoms with Crippen molar-refractivity contribution in [2.45, 2.75) is 18.9 Å². The van der Waals surface area contributed by atoms with E-state index in [1.54, 1.807) is 6.07 Å². The molecule has 9 nitrogen and oxygen atoms in total. The highest BCUT2D eigenvalue weighted by Crippen LogP contribution is 2.21. The molecule has 1 fully saturated rings. The molecule has 0 radical (unpaired) electrons. The van der Waals surface area contributed by atoms with E-state index >= 15 is 0 Å². The molecule has 0 saturated carbocycles. The van der Waals surface area contributed by atoms with Crippen molar-refractivity contribution in [1.82, 2.24) is 14.7 Å². The number of hydrogen-bond donors (Lipinski definition) is 1. The number of hydrogen-bond acceptors (Lipinski definition) is 5. The molecule has 1 aliphatic rings. The van der Waals surface area contributed by atoms with Gasteiger partial charge in [0.15, 0.2) is 5.69 Å². The Balaban J connectivity index is 1.85. The van der Waals surface area contributed by atoms with E-state index in [1.165, 1.54) is 40.0 Å². The predicted octanol–water partition coefficient (Wildman–Crippen LogP) is 1.47. The van der Waals surface area contributed by atoms with Crippen LogP contribution in [0.5, 0.6) is 0 Å². The summed E-state index contributed by atoms with van der Waals surface area (Å²) < 4.78 is 1.35. The lowest BCUT2D eigenvalue weighted by Crippen LogP contribution is -2.40. The minimum absolute atomic E-state index is 0.0821. The number of rotatable bonds is 4. The van der Waals surface area contributed by atoms with Gasteiger partial charge < -0.3 is 10.0 Å². The first kappa shape index (κ1) is 15.7. The molecule has 1 aliphatic heterocycles. The van der Waals surface area contributed by atoms with E-state index in [9.17, 15) is 19.7 Å². The van der Waals surface area contributed by atoms with Crippen molar-refractivity contribution in [3.63, 3.8) is 0 Å². The molecule has 0 spiro atoms. The topological polar surface area (TPSA) is 119 Å². The number of nitro benzene ring substituents is 1. The van der Waals surface area contributed by atoms with E-state index in [-0.39, 0.29) is 11.4 Å². The Morgan fingerprint density at radius 1 is 1.33 bits per heavy atom. The molecule has 24 heavy (non-hydrogen) atoms. The van der Waals surface area contributed by atoms with Crippen molar-refractivity contribution in [2.75, 3.05) is 6.54 Å². The summed E-state index contributed by atoms with van der Waals surface area (Å²) >= 11 is 0. The zero-order valence-electron chi connectivity index (χ0n) is 12.5. The Kier molecular flexibility index (Phi) is 3.98. The third kappa shape index (κ3) is 2.83. The van der Waals surface area contributed by atoms with E-state index in [0.29, 0.717) is 25.1 Å². The Morgan fingerprint density at radius 2 is 2.12 bits per heavy atom. The largest absolute Gasteiger partial charge is 0.480 e. The second-order valence-electron chi connectivity index (χ2n) is 5.42. The number of amides is 1. The Bertz CT molecular complexity index is 816. The maximum atomic E-state index is 12.5. The summed E-state index contributed by atoms with van der Waals surface area (Å²) in [6.45, 7) is 0.374. The van der Waals surface area contributed by atoms with Gasteiger partial charge in [-0.1, -0.05) is 6.07 Å². The van der Waals surface area contributed by atoms with Crippen LogP contribution in [0.3, 0.4) is 0 Å². The Labute approximate surface area is 136 Å². The fourth-order valence-electron chi connectivity index (χ4n) is 2.74. The summed E-state index contributed by atoms with van der Waals surface area (Å²) in [7, 11) is 0. The molecule has 0 aliphatic carbocycles. The molecule has 1 saturated heterocycles. The maximum absolute atomic E-state index is 12.5. The van der Waals surface area contributed by atoms with E-state index in [0.717, 1.165) is 0 Å². The first-order valence-corrected chi connectivity index (χ1v) is 7.31. The number of nitrogens with zero attached hydrogens (tertiary/aromatic N) is 4. The molecule has 1 aromatic heterocycles. The average molecular weight is 330 g/mol. The lowest BCUT2D eigenvalue weighted by atomic mass is 10.2. The lowest BCUT2D eigenvalue weighted by molar-refractivity contribution is -0.384. The molecule has 0 bridgehead atoms. The molecule has 1 atom stereocenters. The van der Waals surface area contributed by atoms with E-state index in [2.05, 4.69) is 5.10 Å². The lowest BCUT2D eigenvalue weighted by Gasteiger charge is -2.20. The number of aliphatic carboxylic acids is 1. The van der Waals surface area contributed by atoms with Gasteiger partial charge in [-0.2, -0.15) is 5.10 Å². The molecular formula is C15H14N4O5. The molecule has 3 rings (SSSR count). The summed E-state index contributed by atoms with van der Waals surface area (Å²) in [5.74, 6) is -1.48. The zero-order valence-corrected chi connectivity index (χ0v) is 12.5. The van der Waals surface area contributed by atoms with Gasteiger partial charge in [-0.3, -0.25) is 14.9 Å². The van der Waals surface area contributed by atoms with Gasteiger partial charge in [0.05, 0.1) is 10.6 Å². The number of non-ortho nitro benzene ring substituents is 1. The van der Waals surface area contributed by atoms with Crippen molar-refractivity contribution >= 4 is 17.6 Å². The second kappa shape index (κ2) is 6.11. The molecular weight excluding hydrogens is 316 g/mol. The molecule has 1 N–H and O–H groups in total. The van der Waals surface area contributed by atoms with Crippen LogP contribution in [0.25, 0.3) is 5.69 Å². The number of carboxylic acid groups (broad SMARTS) is 1. The number of nitro groups is 1. The number of carboxylic acids is 1. The molecule has 2 heterocycles. The normalized spacial score (nSPS) is 17.0. The van der Waals surface area contributed by atoms with Crippen molar-refractivity contribution in [2.24, 2.45) is 0 Å². The van der Waals surface area contributed by atoms with Crippen LogP contribution >= 0.6 is 0 Å². The smallest absolute Gasteiger partial charge is 0.326 e. The third-order valence-corrected chi connectivity index (χ3v) is 3.91. The number of likely N-dealkylation sites (tertiary alicyclic amines) is 1. The van der Waals surface area contributed by atoms with Gasteiger partial charge in [0, 0.05) is 24.9 Å². The van der Waals surface area contributed by atoms with Crippen LogP contribution in [-0.4, -0.2) is 49.2 Å². The minimum Gasteiger partial charge on any atom is -0.480 e. The summed E-state index contributed by atoms with van der Waals surface area (Å²) in [4.78, 5) is 35.3. The van der Waals surface area contributed by atoms with Crippen LogP contribution in [0.2, 0.25) is 0 Å². The van der Waals surface area contributed by atoms with Gasteiger partial charge in [-0.05, 0) is 25.0 Å². The number of carbonyl (C=O) groups excluding carboxylic acids is 1. The monoisotopic (exact) mass is 330 g/mol. The standard InChI is InChI=1S/C15H14N4O5/c20-14(17-7-2-5-13(17)15(21)22)12-6-8-18(16-12)10-3-1-4-11(9-10)19(23)24/h1,3-4,6,8-9,13H,2,5,7H2,(H,21,22)/t13-/m0/s1. The third-order valence-electron chi connectivity index (χ3n) is 3.91. The molecule has 0 unspecified atom stereocenters. The Morgan fingerprint density at radius 3 is 2.83 bits per heavy atom. The fraction of sp³-hybridized carbons (Fsp3) is 0.267. The molecule has 124 valence electrons. The van der Waals surface area contributed by atoms with Crippen LogP contribution in [-0.2, 0) is 4.79 Å². The van der Waals surface area contributed by atoms with Crippen molar-refractivity contribution in [1.29, 1.82) is 0 Å². The van der Waals surface area contributed by atoms with Gasteiger partial charge >= 0.3 is 5.97 Å². The maximum Gasteiger partial charge on any atom is 0.326 e. The van der Waals surface area contributed by atoms with Crippen LogP contribution in [0, 0.1) is 10.1 Å². The first-order valence-electron chi connectivity index (χ1n) is 7.31. The molecule has 1 amide bonds. The van der Waals surface area contributed by atoms with Crippen LogP contribution in [0.15, 0.2) is 36.5 Å². The summed E-state index contributed by atoms with van der Waals surface area (Å²) in [6, 6.07) is 6.50. The van der Waals surface area contributed by atoms with Crippen LogP contribution < -0.4 is 0 Å². The van der Waals surface area contributed by atoms with Gasteiger partial charge in [-0.15, -0.1) is 0 Å². The number of aromatic nitrogens is 2. The van der Waals surface area contributed by atoms with Gasteiger partial charge in [0.25, 0.3) is 11.6 Å². The molecule has 2 aromatic rings. The summed E-state index contributed by atoms with van der Waals surface area (Å²) in [6.07, 6.45) is 2.57. The minimum atomic E-state index is -1.03. The highest BCUT2D eigenvalue weighted by molar-refractivity contribution is 5.95. The van der Waals surface area contributed by atoms with Crippen LogP contribution in [0.1, 0.15) is 23.3 Å². The number of benzene rings is 1. The summed E-state index contributed by atoms with van der Waals surface area (Å²) in [5.41, 5.74) is 0.468. The Hall–Kier alpha value is -3.23. The SMILES string of the molecule is O=C(O)[C@@H]1CCCN1C(=O)c1ccn(-c2cccc([N+](=O)[O-])c2)n1. The van der Waals surface area contributed by atoms with Gasteiger partial charge in [0.1, 0.15) is 6.04 Å². The van der Waals surface area contributed by atoms with Crippen molar-refractivity contribution in [3.8, 4) is 5.69 Å². The highest BCUT2D eigenvalue weighted by atomic mass is 16.6. The van der Waals surface area contributed by atoms with Gasteiger partial charge in [-0.25, -0.2) is 9.48 Å². The average Bonchev–Trinajstić information content (AvgIpc) is 3.23. The van der Waals surface area contributed by atoms with Crippen molar-refractivity contribution < 1.29 is 19.6 Å². The van der Waals surface area contributed by atoms with E-state index in [4.69, 9.17) is 5.11 Å². The number of carbonyl (C=O) groups is 2. The quantitative estimate of drug-likeness (QED) is 0.670. The molecule has 1 aromatic carbocycles. The highest BCUT2D eigenvalue weighted by Gasteiger charge is 2.35. The fourth-order valence-corrected chi connectivity index (χ4v) is 2.74. The zero-order chi connectivity index (χ0) is 17.3. The first-order chi connectivity index (χ1) is 11.5. The van der Waals surface area contributed by atoms with Crippen LogP contribution in [0.4, 0.5) is 5.69 Å². The summed E-state index contributed by atoms with van der Waals surface area (Å²) in [5, 5.41) is 24.1. The van der Waals surface area contributed by atoms with E-state index < -0.39 is 22.8 Å². The van der Waals surface area contributed by atoms with Crippen molar-refractivity contribution in [3.05, 3.63) is 52.3 Å². The second-order valence-corrected chi connectivity index (χ2v) is 5.42.